The molecule has 8 heteroatoms. The Labute approximate surface area is 208 Å². The number of fused-ring (bicyclic) bond motifs is 1. The minimum Gasteiger partial charge on any atom is -0.358 e. The summed E-state index contributed by atoms with van der Waals surface area (Å²) in [6, 6.07) is 13.3. The van der Waals surface area contributed by atoms with Crippen LogP contribution in [0.25, 0.3) is 27.7 Å². The van der Waals surface area contributed by atoms with E-state index in [0.29, 0.717) is 5.56 Å². The molecule has 2 aliphatic rings. The van der Waals surface area contributed by atoms with E-state index in [1.807, 2.05) is 48.8 Å². The van der Waals surface area contributed by atoms with Crippen LogP contribution in [-0.4, -0.2) is 58.2 Å². The normalized spacial score (nSPS) is 20.9. The average Bonchev–Trinajstić information content (AvgIpc) is 3.32. The first-order chi connectivity index (χ1) is 17.5. The van der Waals surface area contributed by atoms with Crippen molar-refractivity contribution in [1.29, 1.82) is 0 Å². The number of aromatic nitrogens is 3. The molecule has 1 unspecified atom stereocenters. The average molecular weight is 485 g/mol. The number of allylic oxidation sites excluding steroid dienone is 2. The van der Waals surface area contributed by atoms with Gasteiger partial charge in [0, 0.05) is 50.0 Å². The predicted molar refractivity (Wildman–Crippen MR) is 137 cm³/mol. The van der Waals surface area contributed by atoms with Crippen LogP contribution in [-0.2, 0) is 5.66 Å². The number of aromatic amines is 1. The molecule has 2 N–H and O–H groups in total. The standard InChI is InChI=1S/C28H26F2N6/c1-35-11-13-36(14-12-35)28(21-6-9-31-10-7-21)8-2-3-26(32-28)27-24-17-19(4-5-25(24)33-34-27)20-15-22(29)18-23(30)16-20/h2-10,15-18,32H,11-14H2,1H3,(H,33,34). The first-order valence-electron chi connectivity index (χ1n) is 12.0. The lowest BCUT2D eigenvalue weighted by molar-refractivity contribution is 0.0552. The minimum atomic E-state index is -0.603. The number of nitrogens with zero attached hydrogens (tertiary/aromatic N) is 4. The lowest BCUT2D eigenvalue weighted by Gasteiger charge is -2.48. The fourth-order valence-corrected chi connectivity index (χ4v) is 5.13. The van der Waals surface area contributed by atoms with Crippen molar-refractivity contribution in [1.82, 2.24) is 30.3 Å². The summed E-state index contributed by atoms with van der Waals surface area (Å²) in [6.07, 6.45) is 9.90. The van der Waals surface area contributed by atoms with Crippen molar-refractivity contribution in [3.8, 4) is 11.1 Å². The number of hydrogen-bond donors (Lipinski definition) is 2. The molecular weight excluding hydrogens is 458 g/mol. The summed E-state index contributed by atoms with van der Waals surface area (Å²) in [5.41, 5.74) is 4.20. The van der Waals surface area contributed by atoms with Crippen molar-refractivity contribution < 1.29 is 8.78 Å². The number of piperazine rings is 1. The monoisotopic (exact) mass is 484 g/mol. The van der Waals surface area contributed by atoms with E-state index in [1.54, 1.807) is 0 Å². The molecule has 2 aromatic heterocycles. The Morgan fingerprint density at radius 2 is 1.64 bits per heavy atom. The van der Waals surface area contributed by atoms with Gasteiger partial charge in [-0.2, -0.15) is 5.10 Å². The van der Waals surface area contributed by atoms with Gasteiger partial charge >= 0.3 is 0 Å². The van der Waals surface area contributed by atoms with Gasteiger partial charge in [0.1, 0.15) is 23.0 Å². The fraction of sp³-hybridized carbons (Fsp3) is 0.214. The minimum absolute atomic E-state index is 0.482. The van der Waals surface area contributed by atoms with E-state index in [1.165, 1.54) is 12.1 Å². The smallest absolute Gasteiger partial charge is 0.137 e. The first-order valence-corrected chi connectivity index (χ1v) is 12.0. The number of likely N-dealkylation sites (N-methyl/N-ethyl adjacent to an activating group) is 1. The highest BCUT2D eigenvalue weighted by Crippen LogP contribution is 2.36. The molecule has 1 fully saturated rings. The molecule has 182 valence electrons. The molecule has 0 aliphatic carbocycles. The van der Waals surface area contributed by atoms with Crippen molar-refractivity contribution in [3.05, 3.63) is 102 Å². The zero-order valence-corrected chi connectivity index (χ0v) is 19.9. The zero-order valence-electron chi connectivity index (χ0n) is 19.9. The van der Waals surface area contributed by atoms with E-state index in [-0.39, 0.29) is 0 Å². The maximum absolute atomic E-state index is 13.9. The van der Waals surface area contributed by atoms with Gasteiger partial charge in [-0.25, -0.2) is 8.78 Å². The van der Waals surface area contributed by atoms with E-state index in [0.717, 1.165) is 65.7 Å². The highest BCUT2D eigenvalue weighted by atomic mass is 19.1. The van der Waals surface area contributed by atoms with E-state index in [2.05, 4.69) is 49.5 Å². The summed E-state index contributed by atoms with van der Waals surface area (Å²) >= 11 is 0. The third kappa shape index (κ3) is 3.98. The SMILES string of the molecule is CN1CCN(C2(c3ccncc3)C=CC=C(c3n[nH]c4ccc(-c5cc(F)cc(F)c5)cc34)N2)CC1. The molecule has 6 rings (SSSR count). The van der Waals surface area contributed by atoms with Crippen LogP contribution in [0.4, 0.5) is 8.78 Å². The highest BCUT2D eigenvalue weighted by Gasteiger charge is 2.39. The molecule has 36 heavy (non-hydrogen) atoms. The summed E-state index contributed by atoms with van der Waals surface area (Å²) in [5, 5.41) is 12.4. The van der Waals surface area contributed by atoms with E-state index >= 15 is 0 Å². The number of hydrogen-bond acceptors (Lipinski definition) is 5. The number of pyridine rings is 1. The molecule has 0 spiro atoms. The number of halogens is 2. The van der Waals surface area contributed by atoms with Crippen LogP contribution in [0.1, 0.15) is 11.3 Å². The summed E-state index contributed by atoms with van der Waals surface area (Å²) in [4.78, 5) is 9.00. The third-order valence-corrected chi connectivity index (χ3v) is 7.06. The van der Waals surface area contributed by atoms with Crippen molar-refractivity contribution in [2.24, 2.45) is 0 Å². The molecule has 6 nitrogen and oxygen atoms in total. The Hall–Kier alpha value is -3.88. The van der Waals surface area contributed by atoms with Gasteiger partial charge in [-0.1, -0.05) is 12.1 Å². The van der Waals surface area contributed by atoms with Gasteiger partial charge < -0.3 is 10.2 Å². The molecule has 1 atom stereocenters. The summed E-state index contributed by atoms with van der Waals surface area (Å²) in [5.74, 6) is -1.21. The van der Waals surface area contributed by atoms with E-state index in [9.17, 15) is 8.78 Å². The Morgan fingerprint density at radius 1 is 0.889 bits per heavy atom. The number of rotatable bonds is 4. The molecule has 2 aliphatic heterocycles. The van der Waals surface area contributed by atoms with Gasteiger partial charge in [-0.05, 0) is 72.3 Å². The molecular formula is C28H26F2N6. The van der Waals surface area contributed by atoms with Gasteiger partial charge in [0.2, 0.25) is 0 Å². The first kappa shape index (κ1) is 22.6. The maximum Gasteiger partial charge on any atom is 0.137 e. The molecule has 0 bridgehead atoms. The molecule has 4 heterocycles. The van der Waals surface area contributed by atoms with Crippen LogP contribution in [0, 0.1) is 11.6 Å². The fourth-order valence-electron chi connectivity index (χ4n) is 5.13. The van der Waals surface area contributed by atoms with Gasteiger partial charge in [-0.3, -0.25) is 15.0 Å². The molecule has 0 amide bonds. The van der Waals surface area contributed by atoms with Crippen LogP contribution in [0.3, 0.4) is 0 Å². The second-order valence-corrected chi connectivity index (χ2v) is 9.35. The summed E-state index contributed by atoms with van der Waals surface area (Å²) in [6.45, 7) is 3.75. The van der Waals surface area contributed by atoms with Crippen molar-refractivity contribution >= 4 is 16.6 Å². The van der Waals surface area contributed by atoms with E-state index in [4.69, 9.17) is 0 Å². The largest absolute Gasteiger partial charge is 0.358 e. The quantitative estimate of drug-likeness (QED) is 0.447. The number of dihydropyridines is 1. The predicted octanol–water partition coefficient (Wildman–Crippen LogP) is 4.50. The van der Waals surface area contributed by atoms with Crippen LogP contribution in [0.5, 0.6) is 0 Å². The van der Waals surface area contributed by atoms with E-state index < -0.39 is 17.3 Å². The number of benzene rings is 2. The Kier molecular flexibility index (Phi) is 5.62. The number of nitrogens with one attached hydrogen (secondary N) is 2. The Morgan fingerprint density at radius 3 is 2.39 bits per heavy atom. The topological polar surface area (TPSA) is 60.1 Å². The van der Waals surface area contributed by atoms with Crippen LogP contribution >= 0.6 is 0 Å². The lowest BCUT2D eigenvalue weighted by Crippen LogP contribution is -2.60. The second-order valence-electron chi connectivity index (χ2n) is 9.35. The van der Waals surface area contributed by atoms with Gasteiger partial charge in [0.25, 0.3) is 0 Å². The van der Waals surface area contributed by atoms with Crippen LogP contribution in [0.2, 0.25) is 0 Å². The molecule has 0 saturated carbocycles. The molecule has 2 aromatic carbocycles. The Balaban J connectivity index is 1.41. The summed E-state index contributed by atoms with van der Waals surface area (Å²) < 4.78 is 27.8. The van der Waals surface area contributed by atoms with Crippen LogP contribution in [0.15, 0.2) is 79.2 Å². The zero-order chi connectivity index (χ0) is 24.7. The van der Waals surface area contributed by atoms with Gasteiger partial charge in [0.05, 0.1) is 11.2 Å². The molecule has 0 radical (unpaired) electrons. The van der Waals surface area contributed by atoms with Gasteiger partial charge in [-0.15, -0.1) is 0 Å². The molecule has 4 aromatic rings. The summed E-state index contributed by atoms with van der Waals surface area (Å²) in [7, 11) is 2.14. The van der Waals surface area contributed by atoms with Crippen molar-refractivity contribution in [3.63, 3.8) is 0 Å². The third-order valence-electron chi connectivity index (χ3n) is 7.06. The van der Waals surface area contributed by atoms with Crippen molar-refractivity contribution in [2.45, 2.75) is 5.66 Å². The van der Waals surface area contributed by atoms with Crippen LogP contribution < -0.4 is 5.32 Å². The number of H-pyrrole nitrogens is 1. The molecule has 1 saturated heterocycles. The maximum atomic E-state index is 13.9. The Bertz CT molecular complexity index is 1450. The van der Waals surface area contributed by atoms with Crippen molar-refractivity contribution in [2.75, 3.05) is 33.2 Å². The second kappa shape index (κ2) is 8.96. The van der Waals surface area contributed by atoms with Gasteiger partial charge in [0.15, 0.2) is 0 Å². The highest BCUT2D eigenvalue weighted by molar-refractivity contribution is 5.93. The lowest BCUT2D eigenvalue weighted by atomic mass is 9.93.